The summed E-state index contributed by atoms with van der Waals surface area (Å²) < 4.78 is 0. The fourth-order valence-electron chi connectivity index (χ4n) is 3.72. The summed E-state index contributed by atoms with van der Waals surface area (Å²) in [5.41, 5.74) is 6.42. The van der Waals surface area contributed by atoms with E-state index in [4.69, 9.17) is 0 Å². The molecule has 0 spiro atoms. The highest BCUT2D eigenvalue weighted by atomic mass is 14.2. The molecule has 0 nitrogen and oxygen atoms in total. The van der Waals surface area contributed by atoms with Gasteiger partial charge in [0.25, 0.3) is 0 Å². The van der Waals surface area contributed by atoms with E-state index in [0.717, 1.165) is 12.8 Å². The average molecular weight is 351 g/mol. The van der Waals surface area contributed by atoms with Gasteiger partial charge in [-0.1, -0.05) is 96.5 Å². The molecule has 2 aromatic carbocycles. The van der Waals surface area contributed by atoms with E-state index in [2.05, 4.69) is 90.1 Å². The van der Waals surface area contributed by atoms with Crippen molar-refractivity contribution < 1.29 is 0 Å². The van der Waals surface area contributed by atoms with E-state index in [0.29, 0.717) is 5.41 Å². The molecule has 0 saturated heterocycles. The summed E-state index contributed by atoms with van der Waals surface area (Å²) in [6.45, 7) is 13.9. The maximum Gasteiger partial charge on any atom is -0.0104 e. The monoisotopic (exact) mass is 350 g/mol. The molecular formula is C26H38. The number of benzene rings is 2. The Labute approximate surface area is 162 Å². The molecule has 0 amide bonds. The molecule has 0 fully saturated rings. The van der Waals surface area contributed by atoms with E-state index in [1.807, 2.05) is 0 Å². The zero-order chi connectivity index (χ0) is 19.2. The third-order valence-electron chi connectivity index (χ3n) is 6.16. The van der Waals surface area contributed by atoms with E-state index in [1.54, 1.807) is 0 Å². The van der Waals surface area contributed by atoms with Crippen LogP contribution in [0.3, 0.4) is 0 Å². The molecule has 0 saturated carbocycles. The molecule has 0 aromatic heterocycles. The van der Waals surface area contributed by atoms with Crippen LogP contribution in [0.15, 0.2) is 48.5 Å². The first kappa shape index (κ1) is 20.7. The van der Waals surface area contributed by atoms with Gasteiger partial charge < -0.3 is 0 Å². The van der Waals surface area contributed by atoms with Crippen molar-refractivity contribution in [1.29, 1.82) is 0 Å². The second-order valence-corrected chi connectivity index (χ2v) is 9.12. The smallest absolute Gasteiger partial charge is 0.0104 e. The van der Waals surface area contributed by atoms with Gasteiger partial charge in [0.15, 0.2) is 0 Å². The van der Waals surface area contributed by atoms with Crippen LogP contribution in [0.4, 0.5) is 0 Å². The van der Waals surface area contributed by atoms with Crippen LogP contribution in [0.2, 0.25) is 0 Å². The molecule has 0 bridgehead atoms. The third-order valence-corrected chi connectivity index (χ3v) is 6.16. The number of hydrogen-bond acceptors (Lipinski definition) is 0. The fraction of sp³-hybridized carbons (Fsp3) is 0.538. The van der Waals surface area contributed by atoms with Crippen LogP contribution >= 0.6 is 0 Å². The van der Waals surface area contributed by atoms with Crippen molar-refractivity contribution in [2.24, 2.45) is 0 Å². The Morgan fingerprint density at radius 1 is 0.615 bits per heavy atom. The first-order valence-electron chi connectivity index (χ1n) is 10.5. The van der Waals surface area contributed by atoms with Crippen LogP contribution in [0.25, 0.3) is 0 Å². The minimum atomic E-state index is 0.284. The Bertz CT molecular complexity index is 656. The van der Waals surface area contributed by atoms with Crippen LogP contribution in [-0.4, -0.2) is 0 Å². The molecular weight excluding hydrogens is 312 g/mol. The predicted octanol–water partition coefficient (Wildman–Crippen LogP) is 7.63. The van der Waals surface area contributed by atoms with Crippen molar-refractivity contribution in [2.45, 2.75) is 90.9 Å². The van der Waals surface area contributed by atoms with Crippen molar-refractivity contribution >= 4 is 0 Å². The highest BCUT2D eigenvalue weighted by molar-refractivity contribution is 5.30. The summed E-state index contributed by atoms with van der Waals surface area (Å²) in [6, 6.07) is 18.6. The topological polar surface area (TPSA) is 0 Å². The second-order valence-electron chi connectivity index (χ2n) is 9.12. The second kappa shape index (κ2) is 8.89. The molecule has 0 heterocycles. The molecule has 2 rings (SSSR count). The highest BCUT2D eigenvalue weighted by Gasteiger charge is 2.19. The third kappa shape index (κ3) is 5.47. The number of aryl methyl sites for hydroxylation is 2. The van der Waals surface area contributed by atoms with Gasteiger partial charge in [-0.25, -0.2) is 0 Å². The quantitative estimate of drug-likeness (QED) is 0.436. The van der Waals surface area contributed by atoms with Gasteiger partial charge in [0.2, 0.25) is 0 Å². The van der Waals surface area contributed by atoms with Gasteiger partial charge in [-0.2, -0.15) is 0 Å². The Morgan fingerprint density at radius 2 is 1.04 bits per heavy atom. The molecule has 0 heteroatoms. The Kier molecular flexibility index (Phi) is 7.09. The molecule has 0 aliphatic carbocycles. The van der Waals surface area contributed by atoms with Crippen LogP contribution in [-0.2, 0) is 23.7 Å². The van der Waals surface area contributed by atoms with Crippen molar-refractivity contribution in [3.05, 3.63) is 70.8 Å². The van der Waals surface area contributed by atoms with Gasteiger partial charge in [-0.3, -0.25) is 0 Å². The number of rotatable bonds is 9. The maximum absolute atomic E-state index is 2.36. The Hall–Kier alpha value is -1.56. The van der Waals surface area contributed by atoms with Gasteiger partial charge in [-0.05, 0) is 65.2 Å². The molecule has 0 N–H and O–H groups in total. The van der Waals surface area contributed by atoms with Gasteiger partial charge in [0.05, 0.1) is 0 Å². The summed E-state index contributed by atoms with van der Waals surface area (Å²) in [4.78, 5) is 0. The van der Waals surface area contributed by atoms with Gasteiger partial charge >= 0.3 is 0 Å². The summed E-state index contributed by atoms with van der Waals surface area (Å²) in [6.07, 6.45) is 7.21. The average Bonchev–Trinajstić information content (AvgIpc) is 2.62. The lowest BCUT2D eigenvalue weighted by molar-refractivity contribution is 0.473. The molecule has 2 aromatic rings. The summed E-state index contributed by atoms with van der Waals surface area (Å²) in [7, 11) is 0. The minimum Gasteiger partial charge on any atom is -0.0654 e. The molecule has 0 aliphatic rings. The molecule has 142 valence electrons. The van der Waals surface area contributed by atoms with E-state index < -0.39 is 0 Å². The van der Waals surface area contributed by atoms with Crippen LogP contribution in [0, 0.1) is 0 Å². The minimum absolute atomic E-state index is 0.284. The predicted molar refractivity (Wildman–Crippen MR) is 116 cm³/mol. The summed E-state index contributed by atoms with van der Waals surface area (Å²) in [5.74, 6) is 0. The molecule has 26 heavy (non-hydrogen) atoms. The van der Waals surface area contributed by atoms with E-state index in [-0.39, 0.29) is 5.41 Å². The fourth-order valence-corrected chi connectivity index (χ4v) is 3.72. The van der Waals surface area contributed by atoms with Gasteiger partial charge in [0, 0.05) is 0 Å². The van der Waals surface area contributed by atoms with E-state index >= 15 is 0 Å². The van der Waals surface area contributed by atoms with Crippen molar-refractivity contribution in [2.75, 3.05) is 0 Å². The summed E-state index contributed by atoms with van der Waals surface area (Å²) in [5, 5.41) is 0. The van der Waals surface area contributed by atoms with E-state index in [9.17, 15) is 0 Å². The lowest BCUT2D eigenvalue weighted by atomic mass is 9.80. The van der Waals surface area contributed by atoms with E-state index in [1.165, 1.54) is 47.9 Å². The van der Waals surface area contributed by atoms with Crippen LogP contribution in [0.1, 0.15) is 89.5 Å². The molecule has 0 atom stereocenters. The van der Waals surface area contributed by atoms with Gasteiger partial charge in [0.1, 0.15) is 0 Å². The van der Waals surface area contributed by atoms with Gasteiger partial charge in [-0.15, -0.1) is 0 Å². The zero-order valence-electron chi connectivity index (χ0n) is 17.9. The Morgan fingerprint density at radius 3 is 1.42 bits per heavy atom. The Balaban J connectivity index is 1.88. The highest BCUT2D eigenvalue weighted by Crippen LogP contribution is 2.29. The maximum atomic E-state index is 2.36. The number of hydrogen-bond donors (Lipinski definition) is 0. The lowest BCUT2D eigenvalue weighted by Crippen LogP contribution is -2.16. The van der Waals surface area contributed by atoms with Crippen molar-refractivity contribution in [1.82, 2.24) is 0 Å². The standard InChI is InChI=1S/C26H38/c1-7-20-26(5,6)24-18-14-22(15-19-24)11-9-10-21-12-16-23(17-13-21)25(3,4)8-2/h12-19H,7-11,20H2,1-6H3. The first-order chi connectivity index (χ1) is 12.3. The van der Waals surface area contributed by atoms with Crippen LogP contribution < -0.4 is 0 Å². The lowest BCUT2D eigenvalue weighted by Gasteiger charge is -2.25. The molecule has 0 radical (unpaired) electrons. The van der Waals surface area contributed by atoms with Crippen LogP contribution in [0.5, 0.6) is 0 Å². The first-order valence-corrected chi connectivity index (χ1v) is 10.5. The SMILES string of the molecule is CCCC(C)(C)c1ccc(CCCc2ccc(C(C)(C)CC)cc2)cc1. The zero-order valence-corrected chi connectivity index (χ0v) is 17.9. The van der Waals surface area contributed by atoms with Crippen molar-refractivity contribution in [3.63, 3.8) is 0 Å². The van der Waals surface area contributed by atoms with Crippen molar-refractivity contribution in [3.8, 4) is 0 Å². The summed E-state index contributed by atoms with van der Waals surface area (Å²) >= 11 is 0. The normalized spacial score (nSPS) is 12.4. The largest absolute Gasteiger partial charge is 0.0654 e. The molecule has 0 unspecified atom stereocenters. The molecule has 0 aliphatic heterocycles.